The maximum atomic E-state index is 12.4. The van der Waals surface area contributed by atoms with E-state index in [4.69, 9.17) is 5.73 Å². The summed E-state index contributed by atoms with van der Waals surface area (Å²) in [6.07, 6.45) is 1.77. The van der Waals surface area contributed by atoms with Crippen LogP contribution in [-0.4, -0.2) is 36.2 Å². The first-order chi connectivity index (χ1) is 9.60. The lowest BCUT2D eigenvalue weighted by molar-refractivity contribution is -0.135. The summed E-state index contributed by atoms with van der Waals surface area (Å²) in [7, 11) is 1.27. The van der Waals surface area contributed by atoms with Gasteiger partial charge in [-0.2, -0.15) is 0 Å². The van der Waals surface area contributed by atoms with Crippen molar-refractivity contribution in [1.29, 1.82) is 0 Å². The van der Waals surface area contributed by atoms with Gasteiger partial charge in [0.05, 0.1) is 12.8 Å². The summed E-state index contributed by atoms with van der Waals surface area (Å²) in [6.45, 7) is 0. The average molecular weight is 290 g/mol. The van der Waals surface area contributed by atoms with E-state index in [1.165, 1.54) is 18.9 Å². The molecule has 0 fully saturated rings. The Balaban J connectivity index is 2.39. The zero-order valence-electron chi connectivity index (χ0n) is 11.1. The molecule has 6 heteroatoms. The van der Waals surface area contributed by atoms with Gasteiger partial charge in [0.25, 0.3) is 0 Å². The summed E-state index contributed by atoms with van der Waals surface area (Å²) in [4.78, 5) is 28.4. The van der Waals surface area contributed by atoms with Gasteiger partial charge in [-0.05, 0) is 6.26 Å². The maximum Gasteiger partial charge on any atom is 0.342 e. The van der Waals surface area contributed by atoms with Gasteiger partial charge in [0, 0.05) is 5.56 Å². The number of aliphatic imine (C=N–C) groups is 1. The largest absolute Gasteiger partial charge is 0.465 e. The Labute approximate surface area is 120 Å². The standard InChI is InChI=1S/C14H14N2O3S/c1-19-14(18)9-10(15)11(16-13(9)20-2)12(17)8-6-4-3-5-7-8/h3-7,11H,15H2,1-2H3/t11-/m0/s1. The van der Waals surface area contributed by atoms with Crippen molar-refractivity contribution >= 4 is 28.6 Å². The number of rotatable bonds is 3. The van der Waals surface area contributed by atoms with Crippen LogP contribution in [0.2, 0.25) is 0 Å². The second kappa shape index (κ2) is 5.92. The van der Waals surface area contributed by atoms with Crippen LogP contribution >= 0.6 is 11.8 Å². The number of ether oxygens (including phenoxy) is 1. The number of hydrogen-bond acceptors (Lipinski definition) is 6. The third-order valence-electron chi connectivity index (χ3n) is 2.93. The smallest absolute Gasteiger partial charge is 0.342 e. The number of thioether (sulfide) groups is 1. The Morgan fingerprint density at radius 3 is 2.50 bits per heavy atom. The average Bonchev–Trinajstić information content (AvgIpc) is 2.83. The Hall–Kier alpha value is -2.08. The van der Waals surface area contributed by atoms with Gasteiger partial charge in [0.2, 0.25) is 0 Å². The van der Waals surface area contributed by atoms with E-state index in [0.29, 0.717) is 10.6 Å². The Kier molecular flexibility index (Phi) is 4.24. The van der Waals surface area contributed by atoms with E-state index in [9.17, 15) is 9.59 Å². The fraction of sp³-hybridized carbons (Fsp3) is 0.214. The lowest BCUT2D eigenvalue weighted by Gasteiger charge is -2.08. The van der Waals surface area contributed by atoms with E-state index in [1.54, 1.807) is 30.5 Å². The molecule has 0 radical (unpaired) electrons. The van der Waals surface area contributed by atoms with Gasteiger partial charge < -0.3 is 10.5 Å². The molecule has 1 aromatic rings. The van der Waals surface area contributed by atoms with Crippen LogP contribution in [0.25, 0.3) is 0 Å². The first-order valence-corrected chi connectivity index (χ1v) is 7.12. The molecule has 104 valence electrons. The van der Waals surface area contributed by atoms with Crippen LogP contribution < -0.4 is 5.73 Å². The van der Waals surface area contributed by atoms with E-state index in [-0.39, 0.29) is 17.1 Å². The number of methoxy groups -OCH3 is 1. The van der Waals surface area contributed by atoms with Crippen LogP contribution in [0.4, 0.5) is 0 Å². The van der Waals surface area contributed by atoms with Crippen LogP contribution in [0.5, 0.6) is 0 Å². The fourth-order valence-corrected chi connectivity index (χ4v) is 2.55. The molecule has 1 aliphatic heterocycles. The molecule has 1 aromatic carbocycles. The van der Waals surface area contributed by atoms with Crippen molar-refractivity contribution in [1.82, 2.24) is 0 Å². The lowest BCUT2D eigenvalue weighted by atomic mass is 10.0. The minimum atomic E-state index is -0.853. The van der Waals surface area contributed by atoms with Crippen molar-refractivity contribution in [3.05, 3.63) is 47.2 Å². The molecular formula is C14H14N2O3S. The molecule has 0 aromatic heterocycles. The predicted octanol–water partition coefficient (Wildman–Crippen LogP) is 1.40. The molecule has 0 saturated heterocycles. The first-order valence-electron chi connectivity index (χ1n) is 5.89. The van der Waals surface area contributed by atoms with Crippen molar-refractivity contribution in [2.75, 3.05) is 13.4 Å². The normalized spacial score (nSPS) is 17.9. The van der Waals surface area contributed by atoms with Crippen molar-refractivity contribution < 1.29 is 14.3 Å². The highest BCUT2D eigenvalue weighted by molar-refractivity contribution is 8.14. The molecule has 0 spiro atoms. The van der Waals surface area contributed by atoms with Crippen LogP contribution in [0.15, 0.2) is 46.6 Å². The Morgan fingerprint density at radius 2 is 1.95 bits per heavy atom. The molecule has 0 saturated carbocycles. The summed E-state index contributed by atoms with van der Waals surface area (Å²) < 4.78 is 4.69. The molecule has 5 nitrogen and oxygen atoms in total. The predicted molar refractivity (Wildman–Crippen MR) is 78.7 cm³/mol. The van der Waals surface area contributed by atoms with Crippen molar-refractivity contribution in [3.8, 4) is 0 Å². The summed E-state index contributed by atoms with van der Waals surface area (Å²) in [5.41, 5.74) is 6.78. The number of carbonyl (C=O) groups is 2. The zero-order chi connectivity index (χ0) is 14.7. The van der Waals surface area contributed by atoms with Gasteiger partial charge >= 0.3 is 5.97 Å². The third kappa shape index (κ3) is 2.46. The Bertz CT molecular complexity index is 608. The first kappa shape index (κ1) is 14.3. The monoisotopic (exact) mass is 290 g/mol. The molecular weight excluding hydrogens is 276 g/mol. The van der Waals surface area contributed by atoms with E-state index in [2.05, 4.69) is 9.73 Å². The van der Waals surface area contributed by atoms with E-state index >= 15 is 0 Å². The van der Waals surface area contributed by atoms with Crippen LogP contribution in [-0.2, 0) is 9.53 Å². The van der Waals surface area contributed by atoms with Gasteiger partial charge in [-0.25, -0.2) is 4.79 Å². The second-order valence-electron chi connectivity index (χ2n) is 4.09. The number of esters is 1. The second-order valence-corrected chi connectivity index (χ2v) is 4.89. The molecule has 0 amide bonds. The SMILES string of the molecule is COC(=O)C1=C(N)[C@@H](C(=O)c2ccccc2)N=C1SC. The molecule has 0 aliphatic carbocycles. The molecule has 1 atom stereocenters. The van der Waals surface area contributed by atoms with Crippen LogP contribution in [0.1, 0.15) is 10.4 Å². The number of nitrogens with two attached hydrogens (primary N) is 1. The molecule has 1 aliphatic rings. The van der Waals surface area contributed by atoms with Gasteiger partial charge in [-0.15, -0.1) is 11.8 Å². The third-order valence-corrected chi connectivity index (χ3v) is 3.63. The molecule has 0 bridgehead atoms. The van der Waals surface area contributed by atoms with E-state index in [1.807, 2.05) is 6.07 Å². The zero-order valence-corrected chi connectivity index (χ0v) is 11.9. The topological polar surface area (TPSA) is 81.8 Å². The van der Waals surface area contributed by atoms with Crippen LogP contribution in [0, 0.1) is 0 Å². The van der Waals surface area contributed by atoms with Gasteiger partial charge in [-0.3, -0.25) is 9.79 Å². The maximum absolute atomic E-state index is 12.4. The number of ketones is 1. The van der Waals surface area contributed by atoms with Crippen LogP contribution in [0.3, 0.4) is 0 Å². The molecule has 20 heavy (non-hydrogen) atoms. The van der Waals surface area contributed by atoms with Crippen molar-refractivity contribution in [2.24, 2.45) is 10.7 Å². The highest BCUT2D eigenvalue weighted by Crippen LogP contribution is 2.26. The summed E-state index contributed by atoms with van der Waals surface area (Å²) >= 11 is 1.26. The molecule has 0 unspecified atom stereocenters. The minimum Gasteiger partial charge on any atom is -0.465 e. The van der Waals surface area contributed by atoms with Crippen molar-refractivity contribution in [2.45, 2.75) is 6.04 Å². The van der Waals surface area contributed by atoms with Gasteiger partial charge in [0.15, 0.2) is 11.8 Å². The number of carbonyl (C=O) groups excluding carboxylic acids is 2. The number of benzene rings is 1. The van der Waals surface area contributed by atoms with Gasteiger partial charge in [0.1, 0.15) is 10.6 Å². The number of nitrogens with zero attached hydrogens (tertiary/aromatic N) is 1. The van der Waals surface area contributed by atoms with Gasteiger partial charge in [-0.1, -0.05) is 30.3 Å². The molecule has 2 rings (SSSR count). The van der Waals surface area contributed by atoms with Crippen molar-refractivity contribution in [3.63, 3.8) is 0 Å². The minimum absolute atomic E-state index is 0.148. The lowest BCUT2D eigenvalue weighted by Crippen LogP contribution is -2.25. The highest BCUT2D eigenvalue weighted by atomic mass is 32.2. The molecule has 2 N–H and O–H groups in total. The summed E-state index contributed by atoms with van der Waals surface area (Å²) in [6, 6.07) is 7.89. The highest BCUT2D eigenvalue weighted by Gasteiger charge is 2.35. The number of Topliss-reactive ketones (excluding diaryl/α,β-unsaturated/α-hetero) is 1. The fourth-order valence-electron chi connectivity index (χ4n) is 1.93. The Morgan fingerprint density at radius 1 is 1.30 bits per heavy atom. The number of hydrogen-bond donors (Lipinski definition) is 1. The molecule has 1 heterocycles. The van der Waals surface area contributed by atoms with E-state index < -0.39 is 12.0 Å². The quantitative estimate of drug-likeness (QED) is 0.672. The summed E-state index contributed by atoms with van der Waals surface area (Å²) in [5, 5.41) is 0.434. The summed E-state index contributed by atoms with van der Waals surface area (Å²) in [5.74, 6) is -0.799. The van der Waals surface area contributed by atoms with E-state index in [0.717, 1.165) is 0 Å².